The molecule has 0 fully saturated rings. The molecule has 0 saturated carbocycles. The van der Waals surface area contributed by atoms with E-state index in [1.165, 1.54) is 19.3 Å². The Morgan fingerprint density at radius 1 is 1.12 bits per heavy atom. The molecule has 0 aliphatic carbocycles. The van der Waals surface area contributed by atoms with Gasteiger partial charge in [-0.3, -0.25) is 0 Å². The molecule has 2 heteroatoms. The maximum absolute atomic E-state index is 12.3. The molecule has 1 aromatic rings. The fraction of sp³-hybridized carbons (Fsp3) is 0.571. The average molecular weight is 237 g/mol. The van der Waals surface area contributed by atoms with E-state index in [0.717, 1.165) is 18.1 Å². The van der Waals surface area contributed by atoms with Crippen molar-refractivity contribution < 1.29 is 4.89 Å². The standard InChI is InChI=1S/C14H22OP/c1-3-5-7-10-13(4-2)16(15)14-11-8-6-9-12-14/h6,8-9,11-13H,3-5,7,10H2,1-2H3/q-1. The van der Waals surface area contributed by atoms with Crippen LogP contribution in [0.25, 0.3) is 0 Å². The summed E-state index contributed by atoms with van der Waals surface area (Å²) in [6.07, 6.45) is 5.83. The molecule has 16 heavy (non-hydrogen) atoms. The SMILES string of the molecule is CCCCCC(CC)P([O-])c1ccccc1. The minimum absolute atomic E-state index is 0.365. The minimum Gasteiger partial charge on any atom is -0.826 e. The molecule has 90 valence electrons. The van der Waals surface area contributed by atoms with Gasteiger partial charge in [0.1, 0.15) is 0 Å². The van der Waals surface area contributed by atoms with Crippen LogP contribution in [0.3, 0.4) is 0 Å². The summed E-state index contributed by atoms with van der Waals surface area (Å²) >= 11 is 0. The summed E-state index contributed by atoms with van der Waals surface area (Å²) in [5.41, 5.74) is 0.365. The van der Waals surface area contributed by atoms with Gasteiger partial charge >= 0.3 is 0 Å². The van der Waals surface area contributed by atoms with Crippen molar-refractivity contribution in [2.75, 3.05) is 0 Å². The quantitative estimate of drug-likeness (QED) is 0.526. The van der Waals surface area contributed by atoms with Gasteiger partial charge in [0.2, 0.25) is 0 Å². The number of rotatable bonds is 7. The summed E-state index contributed by atoms with van der Waals surface area (Å²) in [4.78, 5) is 12.3. The first kappa shape index (κ1) is 13.7. The Bertz CT molecular complexity index is 273. The highest BCUT2D eigenvalue weighted by Gasteiger charge is 2.10. The fourth-order valence-electron chi connectivity index (χ4n) is 1.90. The van der Waals surface area contributed by atoms with Gasteiger partial charge in [-0.25, -0.2) is 0 Å². The molecule has 0 bridgehead atoms. The van der Waals surface area contributed by atoms with Crippen molar-refractivity contribution in [3.05, 3.63) is 30.3 Å². The third kappa shape index (κ3) is 4.23. The summed E-state index contributed by atoms with van der Waals surface area (Å²) in [7, 11) is -1.21. The number of benzene rings is 1. The summed E-state index contributed by atoms with van der Waals surface area (Å²) in [6.45, 7) is 4.35. The fourth-order valence-corrected chi connectivity index (χ4v) is 3.54. The van der Waals surface area contributed by atoms with Crippen molar-refractivity contribution in [1.82, 2.24) is 0 Å². The first-order valence-electron chi connectivity index (χ1n) is 6.31. The van der Waals surface area contributed by atoms with Gasteiger partial charge in [0.15, 0.2) is 0 Å². The van der Waals surface area contributed by atoms with E-state index in [9.17, 15) is 4.89 Å². The van der Waals surface area contributed by atoms with E-state index in [1.54, 1.807) is 0 Å². The van der Waals surface area contributed by atoms with Gasteiger partial charge in [0.05, 0.1) is 0 Å². The summed E-state index contributed by atoms with van der Waals surface area (Å²) in [6, 6.07) is 9.90. The molecule has 0 saturated heterocycles. The van der Waals surface area contributed by atoms with Gasteiger partial charge in [-0.2, -0.15) is 8.15 Å². The zero-order valence-corrected chi connectivity index (χ0v) is 11.2. The maximum atomic E-state index is 12.3. The molecular weight excluding hydrogens is 215 g/mol. The second-order valence-electron chi connectivity index (χ2n) is 4.22. The normalized spacial score (nSPS) is 14.7. The first-order chi connectivity index (χ1) is 7.79. The molecule has 0 spiro atoms. The number of unbranched alkanes of at least 4 members (excludes halogenated alkanes) is 2. The number of hydrogen-bond donors (Lipinski definition) is 0. The van der Waals surface area contributed by atoms with Crippen LogP contribution in [-0.4, -0.2) is 5.66 Å². The van der Waals surface area contributed by atoms with Gasteiger partial charge in [-0.1, -0.05) is 69.9 Å². The van der Waals surface area contributed by atoms with Crippen molar-refractivity contribution in [3.63, 3.8) is 0 Å². The van der Waals surface area contributed by atoms with Crippen LogP contribution >= 0.6 is 8.15 Å². The second-order valence-corrected chi connectivity index (χ2v) is 6.12. The molecule has 0 N–H and O–H groups in total. The summed E-state index contributed by atoms with van der Waals surface area (Å²) < 4.78 is 0. The van der Waals surface area contributed by atoms with Crippen LogP contribution in [0.15, 0.2) is 30.3 Å². The smallest absolute Gasteiger partial charge is 0.0314 e. The maximum Gasteiger partial charge on any atom is -0.0314 e. The van der Waals surface area contributed by atoms with Crippen LogP contribution in [0.5, 0.6) is 0 Å². The summed E-state index contributed by atoms with van der Waals surface area (Å²) in [5.74, 6) is 0. The lowest BCUT2D eigenvalue weighted by atomic mass is 10.1. The predicted octanol–water partition coefficient (Wildman–Crippen LogP) is 3.43. The monoisotopic (exact) mass is 237 g/mol. The Morgan fingerprint density at radius 3 is 2.38 bits per heavy atom. The predicted molar refractivity (Wildman–Crippen MR) is 71.2 cm³/mol. The van der Waals surface area contributed by atoms with Crippen molar-refractivity contribution in [3.8, 4) is 0 Å². The average Bonchev–Trinajstić information content (AvgIpc) is 2.35. The van der Waals surface area contributed by atoms with Gasteiger partial charge in [-0.15, -0.1) is 0 Å². The molecule has 1 aromatic carbocycles. The molecule has 0 amide bonds. The van der Waals surface area contributed by atoms with Crippen molar-refractivity contribution >= 4 is 13.5 Å². The van der Waals surface area contributed by atoms with Crippen LogP contribution in [-0.2, 0) is 0 Å². The van der Waals surface area contributed by atoms with Crippen LogP contribution in [0.4, 0.5) is 0 Å². The van der Waals surface area contributed by atoms with Gasteiger partial charge in [0, 0.05) is 0 Å². The van der Waals surface area contributed by atoms with E-state index in [1.807, 2.05) is 30.3 Å². The highest BCUT2D eigenvalue weighted by atomic mass is 31.1. The third-order valence-corrected chi connectivity index (χ3v) is 5.05. The van der Waals surface area contributed by atoms with Crippen LogP contribution in [0.1, 0.15) is 46.0 Å². The van der Waals surface area contributed by atoms with E-state index in [-0.39, 0.29) is 0 Å². The molecule has 2 atom stereocenters. The third-order valence-electron chi connectivity index (χ3n) is 2.95. The van der Waals surface area contributed by atoms with E-state index >= 15 is 0 Å². The van der Waals surface area contributed by atoms with E-state index in [0.29, 0.717) is 5.66 Å². The molecule has 1 rings (SSSR count). The molecule has 2 unspecified atom stereocenters. The van der Waals surface area contributed by atoms with Crippen molar-refractivity contribution in [2.24, 2.45) is 0 Å². The van der Waals surface area contributed by atoms with Gasteiger partial charge in [0.25, 0.3) is 0 Å². The van der Waals surface area contributed by atoms with Crippen LogP contribution in [0.2, 0.25) is 0 Å². The highest BCUT2D eigenvalue weighted by molar-refractivity contribution is 7.59. The Balaban J connectivity index is 2.52. The second kappa shape index (κ2) is 7.81. The minimum atomic E-state index is -1.21. The molecule has 1 nitrogen and oxygen atoms in total. The van der Waals surface area contributed by atoms with E-state index in [4.69, 9.17) is 0 Å². The van der Waals surface area contributed by atoms with Gasteiger partial charge in [-0.05, 0) is 17.4 Å². The topological polar surface area (TPSA) is 23.1 Å². The van der Waals surface area contributed by atoms with Crippen molar-refractivity contribution in [1.29, 1.82) is 0 Å². The zero-order valence-electron chi connectivity index (χ0n) is 10.4. The molecule has 0 aliphatic heterocycles. The van der Waals surface area contributed by atoms with E-state index in [2.05, 4.69) is 13.8 Å². The Labute approximate surface area is 101 Å². The van der Waals surface area contributed by atoms with Crippen molar-refractivity contribution in [2.45, 2.75) is 51.6 Å². The zero-order chi connectivity index (χ0) is 11.8. The highest BCUT2D eigenvalue weighted by Crippen LogP contribution is 2.36. The Morgan fingerprint density at radius 2 is 1.81 bits per heavy atom. The van der Waals surface area contributed by atoms with Crippen LogP contribution in [0, 0.1) is 0 Å². The first-order valence-corrected chi connectivity index (χ1v) is 7.63. The molecule has 0 aromatic heterocycles. The molecule has 0 radical (unpaired) electrons. The van der Waals surface area contributed by atoms with Gasteiger partial charge < -0.3 is 4.89 Å². The number of hydrogen-bond acceptors (Lipinski definition) is 1. The molecular formula is C14H22OP-. The molecule has 0 heterocycles. The lowest BCUT2D eigenvalue weighted by molar-refractivity contribution is -0.158. The van der Waals surface area contributed by atoms with Crippen LogP contribution < -0.4 is 10.2 Å². The Hall–Kier alpha value is -0.390. The lowest BCUT2D eigenvalue weighted by Gasteiger charge is -2.33. The summed E-state index contributed by atoms with van der Waals surface area (Å²) in [5, 5.41) is 1.01. The lowest BCUT2D eigenvalue weighted by Crippen LogP contribution is -2.21. The largest absolute Gasteiger partial charge is 0.826 e. The van der Waals surface area contributed by atoms with E-state index < -0.39 is 8.15 Å². The molecule has 0 aliphatic rings. The Kier molecular flexibility index (Phi) is 6.68.